The highest BCUT2D eigenvalue weighted by atomic mass is 32.2. The van der Waals surface area contributed by atoms with Crippen molar-refractivity contribution in [2.75, 3.05) is 5.75 Å². The molecule has 1 aromatic heterocycles. The lowest BCUT2D eigenvalue weighted by Crippen LogP contribution is -2.33. The van der Waals surface area contributed by atoms with Crippen LogP contribution in [0.15, 0.2) is 33.9 Å². The quantitative estimate of drug-likeness (QED) is 0.792. The third-order valence-corrected chi connectivity index (χ3v) is 3.98. The van der Waals surface area contributed by atoms with Gasteiger partial charge in [0.25, 0.3) is 5.22 Å². The summed E-state index contributed by atoms with van der Waals surface area (Å²) in [7, 11) is 0. The molecule has 0 spiro atoms. The van der Waals surface area contributed by atoms with Crippen molar-refractivity contribution >= 4 is 17.7 Å². The van der Waals surface area contributed by atoms with Crippen molar-refractivity contribution < 1.29 is 9.21 Å². The van der Waals surface area contributed by atoms with Gasteiger partial charge >= 0.3 is 0 Å². The third-order valence-electron chi connectivity index (χ3n) is 3.16. The number of nitrogens with one attached hydrogen (secondary N) is 1. The number of aromatic nitrogens is 2. The fourth-order valence-electron chi connectivity index (χ4n) is 2.03. The molecule has 0 unspecified atom stereocenters. The minimum Gasteiger partial charge on any atom is -0.411 e. The highest BCUT2D eigenvalue weighted by Crippen LogP contribution is 2.23. The number of rotatable bonds is 7. The Hall–Kier alpha value is -1.82. The fraction of sp³-hybridized carbons (Fsp3) is 0.438. The molecule has 0 aliphatic heterocycles. The topological polar surface area (TPSA) is 68.0 Å². The molecule has 0 radical (unpaired) electrons. The first-order valence-electron chi connectivity index (χ1n) is 7.41. The van der Waals surface area contributed by atoms with Crippen molar-refractivity contribution in [3.63, 3.8) is 0 Å². The second kappa shape index (κ2) is 7.98. The second-order valence-corrected chi connectivity index (χ2v) is 6.21. The summed E-state index contributed by atoms with van der Waals surface area (Å²) in [5.41, 5.74) is 2.06. The molecule has 1 aromatic carbocycles. The predicted molar refractivity (Wildman–Crippen MR) is 87.7 cm³/mol. The Labute approximate surface area is 134 Å². The smallest absolute Gasteiger partial charge is 0.277 e. The Balaban J connectivity index is 1.87. The zero-order valence-electron chi connectivity index (χ0n) is 13.1. The maximum absolute atomic E-state index is 11.8. The molecule has 1 atom stereocenters. The molecule has 2 aromatic rings. The molecule has 1 heterocycles. The Morgan fingerprint density at radius 2 is 2.05 bits per heavy atom. The van der Waals surface area contributed by atoms with Gasteiger partial charge in [-0.25, -0.2) is 0 Å². The van der Waals surface area contributed by atoms with Gasteiger partial charge in [0.2, 0.25) is 11.8 Å². The predicted octanol–water partition coefficient (Wildman–Crippen LogP) is 3.44. The summed E-state index contributed by atoms with van der Waals surface area (Å²) in [6, 6.07) is 8.07. The van der Waals surface area contributed by atoms with Gasteiger partial charge in [-0.2, -0.15) is 0 Å². The molecule has 0 aliphatic carbocycles. The van der Waals surface area contributed by atoms with Crippen LogP contribution in [0.3, 0.4) is 0 Å². The van der Waals surface area contributed by atoms with Crippen LogP contribution in [0, 0.1) is 6.92 Å². The minimum atomic E-state index is -0.0129. The lowest BCUT2D eigenvalue weighted by atomic mass is 10.1. The van der Waals surface area contributed by atoms with Crippen LogP contribution >= 0.6 is 11.8 Å². The van der Waals surface area contributed by atoms with Crippen LogP contribution in [-0.2, 0) is 4.79 Å². The molecule has 0 saturated carbocycles. The summed E-state index contributed by atoms with van der Waals surface area (Å²) in [6.07, 6.45) is 2.03. The molecule has 1 amide bonds. The van der Waals surface area contributed by atoms with E-state index in [2.05, 4.69) is 22.4 Å². The van der Waals surface area contributed by atoms with Gasteiger partial charge in [-0.15, -0.1) is 10.2 Å². The van der Waals surface area contributed by atoms with Gasteiger partial charge in [-0.1, -0.05) is 42.8 Å². The number of amides is 1. The van der Waals surface area contributed by atoms with E-state index in [4.69, 9.17) is 4.42 Å². The van der Waals surface area contributed by atoms with Crippen molar-refractivity contribution in [2.45, 2.75) is 44.9 Å². The molecule has 118 valence electrons. The first-order valence-corrected chi connectivity index (χ1v) is 8.39. The SMILES string of the molecule is CCC[C@H](C)NC(=O)CSc1nnc(-c2ccc(C)cc2)o1. The van der Waals surface area contributed by atoms with E-state index >= 15 is 0 Å². The number of aryl methyl sites for hydroxylation is 1. The molecule has 0 bridgehead atoms. The average Bonchev–Trinajstić information content (AvgIpc) is 2.95. The average molecular weight is 319 g/mol. The Bertz CT molecular complexity index is 610. The van der Waals surface area contributed by atoms with Crippen molar-refractivity contribution in [2.24, 2.45) is 0 Å². The van der Waals surface area contributed by atoms with E-state index in [0.717, 1.165) is 18.4 Å². The van der Waals surface area contributed by atoms with Gasteiger partial charge in [0, 0.05) is 11.6 Å². The van der Waals surface area contributed by atoms with Crippen molar-refractivity contribution in [3.8, 4) is 11.5 Å². The molecular formula is C16H21N3O2S. The number of hydrogen-bond donors (Lipinski definition) is 1. The van der Waals surface area contributed by atoms with E-state index in [0.29, 0.717) is 11.1 Å². The van der Waals surface area contributed by atoms with Gasteiger partial charge in [0.15, 0.2) is 0 Å². The lowest BCUT2D eigenvalue weighted by Gasteiger charge is -2.11. The zero-order valence-corrected chi connectivity index (χ0v) is 13.9. The van der Waals surface area contributed by atoms with Gasteiger partial charge in [-0.3, -0.25) is 4.79 Å². The van der Waals surface area contributed by atoms with Crippen molar-refractivity contribution in [1.29, 1.82) is 0 Å². The van der Waals surface area contributed by atoms with Crippen LogP contribution in [-0.4, -0.2) is 27.9 Å². The number of thioether (sulfide) groups is 1. The van der Waals surface area contributed by atoms with Crippen LogP contribution in [0.2, 0.25) is 0 Å². The summed E-state index contributed by atoms with van der Waals surface area (Å²) in [4.78, 5) is 11.8. The van der Waals surface area contributed by atoms with E-state index in [1.54, 1.807) is 0 Å². The van der Waals surface area contributed by atoms with Gasteiger partial charge in [0.1, 0.15) is 0 Å². The molecule has 2 rings (SSSR count). The molecule has 0 saturated heterocycles. The van der Waals surface area contributed by atoms with E-state index in [-0.39, 0.29) is 17.7 Å². The van der Waals surface area contributed by atoms with Gasteiger partial charge in [0.05, 0.1) is 5.75 Å². The molecule has 5 nitrogen and oxygen atoms in total. The third kappa shape index (κ3) is 4.87. The summed E-state index contributed by atoms with van der Waals surface area (Å²) in [6.45, 7) is 6.13. The largest absolute Gasteiger partial charge is 0.411 e. The molecule has 1 N–H and O–H groups in total. The van der Waals surface area contributed by atoms with Crippen LogP contribution in [0.4, 0.5) is 0 Å². The van der Waals surface area contributed by atoms with Crippen molar-refractivity contribution in [1.82, 2.24) is 15.5 Å². The Morgan fingerprint density at radius 3 is 2.73 bits per heavy atom. The second-order valence-electron chi connectivity index (χ2n) is 5.29. The molecule has 6 heteroatoms. The molecule has 0 fully saturated rings. The lowest BCUT2D eigenvalue weighted by molar-refractivity contribution is -0.119. The first kappa shape index (κ1) is 16.5. The zero-order chi connectivity index (χ0) is 15.9. The van der Waals surface area contributed by atoms with E-state index in [1.165, 1.54) is 17.3 Å². The summed E-state index contributed by atoms with van der Waals surface area (Å²) in [5, 5.41) is 11.3. The van der Waals surface area contributed by atoms with Crippen LogP contribution in [0.1, 0.15) is 32.3 Å². The van der Waals surface area contributed by atoms with Crippen LogP contribution in [0.25, 0.3) is 11.5 Å². The normalized spacial score (nSPS) is 12.1. The molecule has 22 heavy (non-hydrogen) atoms. The maximum atomic E-state index is 11.8. The van der Waals surface area contributed by atoms with E-state index in [1.807, 2.05) is 38.1 Å². The monoisotopic (exact) mass is 319 g/mol. The standard InChI is InChI=1S/C16H21N3O2S/c1-4-5-12(3)17-14(20)10-22-16-19-18-15(21-16)13-8-6-11(2)7-9-13/h6-9,12H,4-5,10H2,1-3H3,(H,17,20)/t12-/m0/s1. The van der Waals surface area contributed by atoms with Gasteiger partial charge < -0.3 is 9.73 Å². The molecule has 0 aliphatic rings. The Morgan fingerprint density at radius 1 is 1.32 bits per heavy atom. The minimum absolute atomic E-state index is 0.0129. The van der Waals surface area contributed by atoms with E-state index in [9.17, 15) is 4.79 Å². The first-order chi connectivity index (χ1) is 10.6. The number of nitrogens with zero attached hydrogens (tertiary/aromatic N) is 2. The summed E-state index contributed by atoms with van der Waals surface area (Å²) in [5.74, 6) is 0.743. The van der Waals surface area contributed by atoms with Gasteiger partial charge in [-0.05, 0) is 32.4 Å². The summed E-state index contributed by atoms with van der Waals surface area (Å²) >= 11 is 1.25. The van der Waals surface area contributed by atoms with Crippen LogP contribution < -0.4 is 5.32 Å². The van der Waals surface area contributed by atoms with Crippen molar-refractivity contribution in [3.05, 3.63) is 29.8 Å². The highest BCUT2D eigenvalue weighted by Gasteiger charge is 2.12. The number of carbonyl (C=O) groups excluding carboxylic acids is 1. The number of benzene rings is 1. The fourth-order valence-corrected chi connectivity index (χ4v) is 2.60. The van der Waals surface area contributed by atoms with Crippen LogP contribution in [0.5, 0.6) is 0 Å². The highest BCUT2D eigenvalue weighted by molar-refractivity contribution is 7.99. The number of hydrogen-bond acceptors (Lipinski definition) is 5. The Kier molecular flexibility index (Phi) is 6.00. The maximum Gasteiger partial charge on any atom is 0.277 e. The summed E-state index contributed by atoms with van der Waals surface area (Å²) < 4.78 is 5.57. The van der Waals surface area contributed by atoms with E-state index < -0.39 is 0 Å². The number of carbonyl (C=O) groups is 1. The molecular weight excluding hydrogens is 298 g/mol.